The first-order valence-corrected chi connectivity index (χ1v) is 4.93. The predicted octanol–water partition coefficient (Wildman–Crippen LogP) is 2.57. The maximum absolute atomic E-state index is 11.2. The number of allylic oxidation sites excluding steroid dienone is 2. The van der Waals surface area contributed by atoms with E-state index in [9.17, 15) is 4.79 Å². The lowest BCUT2D eigenvalue weighted by molar-refractivity contribution is -0.120. The van der Waals surface area contributed by atoms with Gasteiger partial charge < -0.3 is 0 Å². The van der Waals surface area contributed by atoms with Crippen molar-refractivity contribution >= 4 is 5.78 Å². The minimum Gasteiger partial charge on any atom is -0.300 e. The molecule has 1 unspecified atom stereocenters. The molecule has 1 fully saturated rings. The van der Waals surface area contributed by atoms with Crippen LogP contribution in [0.1, 0.15) is 32.6 Å². The van der Waals surface area contributed by atoms with Gasteiger partial charge in [-0.15, -0.1) is 0 Å². The van der Waals surface area contributed by atoms with Crippen LogP contribution < -0.4 is 0 Å². The van der Waals surface area contributed by atoms with Crippen LogP contribution in [0.4, 0.5) is 0 Å². The van der Waals surface area contributed by atoms with Crippen LogP contribution in [0.2, 0.25) is 0 Å². The van der Waals surface area contributed by atoms with E-state index in [1.165, 1.54) is 12.8 Å². The van der Waals surface area contributed by atoms with Crippen molar-refractivity contribution < 1.29 is 4.79 Å². The van der Waals surface area contributed by atoms with Gasteiger partial charge in [0.05, 0.1) is 0 Å². The number of rotatable bonds is 1. The zero-order chi connectivity index (χ0) is 8.55. The summed E-state index contributed by atoms with van der Waals surface area (Å²) in [6, 6.07) is 0. The number of ketones is 1. The molecular weight excluding hydrogens is 148 g/mol. The van der Waals surface area contributed by atoms with E-state index in [2.05, 4.69) is 12.2 Å². The van der Waals surface area contributed by atoms with Crippen LogP contribution in [0.15, 0.2) is 12.2 Å². The molecule has 0 N–H and O–H groups in total. The highest BCUT2D eigenvalue weighted by molar-refractivity contribution is 5.78. The van der Waals surface area contributed by atoms with E-state index in [1.54, 1.807) is 6.92 Å². The summed E-state index contributed by atoms with van der Waals surface area (Å²) in [5.41, 5.74) is 0. The van der Waals surface area contributed by atoms with Crippen LogP contribution in [-0.4, -0.2) is 5.78 Å². The van der Waals surface area contributed by atoms with Crippen LogP contribution >= 0.6 is 0 Å². The second-order valence-electron chi connectivity index (χ2n) is 4.24. The Hall–Kier alpha value is -0.590. The molecule has 2 aliphatic rings. The number of fused-ring (bicyclic) bond motifs is 1. The Balaban J connectivity index is 2.02. The lowest BCUT2D eigenvalue weighted by Gasteiger charge is -2.19. The highest BCUT2D eigenvalue weighted by Gasteiger charge is 2.35. The van der Waals surface area contributed by atoms with Crippen molar-refractivity contribution in [2.24, 2.45) is 17.8 Å². The number of hydrogen-bond acceptors (Lipinski definition) is 1. The van der Waals surface area contributed by atoms with Gasteiger partial charge in [-0.1, -0.05) is 12.2 Å². The Bertz CT molecular complexity index is 201. The van der Waals surface area contributed by atoms with Gasteiger partial charge in [0.15, 0.2) is 0 Å². The van der Waals surface area contributed by atoms with Crippen LogP contribution in [0.25, 0.3) is 0 Å². The molecule has 0 aliphatic heterocycles. The number of carbonyl (C=O) groups excluding carboxylic acids is 1. The van der Waals surface area contributed by atoms with Crippen LogP contribution in [0, 0.1) is 17.8 Å². The average Bonchev–Trinajstić information content (AvgIpc) is 2.46. The van der Waals surface area contributed by atoms with Crippen molar-refractivity contribution in [2.45, 2.75) is 32.6 Å². The fourth-order valence-electron chi connectivity index (χ4n) is 2.66. The van der Waals surface area contributed by atoms with Crippen LogP contribution in [-0.2, 0) is 4.79 Å². The molecule has 3 atom stereocenters. The van der Waals surface area contributed by atoms with Crippen molar-refractivity contribution in [3.63, 3.8) is 0 Å². The monoisotopic (exact) mass is 164 g/mol. The lowest BCUT2D eigenvalue weighted by atomic mass is 9.86. The van der Waals surface area contributed by atoms with Gasteiger partial charge in [0.25, 0.3) is 0 Å². The topological polar surface area (TPSA) is 17.1 Å². The summed E-state index contributed by atoms with van der Waals surface area (Å²) in [4.78, 5) is 11.2. The van der Waals surface area contributed by atoms with E-state index in [-0.39, 0.29) is 0 Å². The molecule has 2 aliphatic carbocycles. The highest BCUT2D eigenvalue weighted by atomic mass is 16.1. The van der Waals surface area contributed by atoms with Gasteiger partial charge in [0, 0.05) is 5.92 Å². The summed E-state index contributed by atoms with van der Waals surface area (Å²) in [5, 5.41) is 0. The Morgan fingerprint density at radius 1 is 1.17 bits per heavy atom. The molecule has 0 amide bonds. The van der Waals surface area contributed by atoms with Gasteiger partial charge in [-0.2, -0.15) is 0 Å². The molecule has 0 spiro atoms. The fraction of sp³-hybridized carbons (Fsp3) is 0.727. The molecule has 0 radical (unpaired) electrons. The van der Waals surface area contributed by atoms with E-state index in [4.69, 9.17) is 0 Å². The highest BCUT2D eigenvalue weighted by Crippen LogP contribution is 2.43. The van der Waals surface area contributed by atoms with Crippen molar-refractivity contribution in [2.75, 3.05) is 0 Å². The summed E-state index contributed by atoms with van der Waals surface area (Å²) >= 11 is 0. The van der Waals surface area contributed by atoms with Crippen molar-refractivity contribution in [3.8, 4) is 0 Å². The Morgan fingerprint density at radius 2 is 1.67 bits per heavy atom. The molecule has 1 heteroatoms. The maximum atomic E-state index is 11.2. The molecule has 0 aromatic rings. The van der Waals surface area contributed by atoms with Gasteiger partial charge in [-0.05, 0) is 44.4 Å². The first-order valence-electron chi connectivity index (χ1n) is 4.93. The summed E-state index contributed by atoms with van der Waals surface area (Å²) in [6.07, 6.45) is 9.31. The quantitative estimate of drug-likeness (QED) is 0.544. The predicted molar refractivity (Wildman–Crippen MR) is 48.8 cm³/mol. The van der Waals surface area contributed by atoms with Crippen molar-refractivity contribution in [3.05, 3.63) is 12.2 Å². The molecule has 0 aromatic heterocycles. The molecule has 0 heterocycles. The third kappa shape index (κ3) is 1.33. The average molecular weight is 164 g/mol. The van der Waals surface area contributed by atoms with E-state index in [0.717, 1.165) is 24.7 Å². The van der Waals surface area contributed by atoms with Gasteiger partial charge in [-0.3, -0.25) is 4.79 Å². The fourth-order valence-corrected chi connectivity index (χ4v) is 2.66. The van der Waals surface area contributed by atoms with Gasteiger partial charge >= 0.3 is 0 Å². The van der Waals surface area contributed by atoms with Gasteiger partial charge in [0.1, 0.15) is 5.78 Å². The maximum Gasteiger partial charge on any atom is 0.132 e. The third-order valence-corrected chi connectivity index (χ3v) is 3.46. The van der Waals surface area contributed by atoms with E-state index in [0.29, 0.717) is 11.7 Å². The normalized spacial score (nSPS) is 39.6. The largest absolute Gasteiger partial charge is 0.300 e. The Kier molecular flexibility index (Phi) is 2.03. The molecule has 12 heavy (non-hydrogen) atoms. The van der Waals surface area contributed by atoms with E-state index >= 15 is 0 Å². The van der Waals surface area contributed by atoms with Gasteiger partial charge in [0.2, 0.25) is 0 Å². The van der Waals surface area contributed by atoms with Gasteiger partial charge in [-0.25, -0.2) is 0 Å². The molecular formula is C11H16O. The second-order valence-corrected chi connectivity index (χ2v) is 4.24. The number of hydrogen-bond donors (Lipinski definition) is 0. The lowest BCUT2D eigenvalue weighted by Crippen LogP contribution is -2.08. The van der Waals surface area contributed by atoms with E-state index in [1.807, 2.05) is 0 Å². The molecule has 66 valence electrons. The summed E-state index contributed by atoms with van der Waals surface area (Å²) in [7, 11) is 0. The molecule has 0 bridgehead atoms. The zero-order valence-corrected chi connectivity index (χ0v) is 7.62. The van der Waals surface area contributed by atoms with Crippen LogP contribution in [0.5, 0.6) is 0 Å². The minimum atomic E-state index is 0.389. The SMILES string of the molecule is CC(=O)C1C[C@H]2CC=CC[C@H]2C1. The smallest absolute Gasteiger partial charge is 0.132 e. The Labute approximate surface area is 73.8 Å². The Morgan fingerprint density at radius 3 is 2.08 bits per heavy atom. The van der Waals surface area contributed by atoms with Crippen molar-refractivity contribution in [1.82, 2.24) is 0 Å². The number of Topliss-reactive ketones (excluding diaryl/α,β-unsaturated/α-hetero) is 1. The zero-order valence-electron chi connectivity index (χ0n) is 7.62. The molecule has 0 aromatic carbocycles. The van der Waals surface area contributed by atoms with Crippen molar-refractivity contribution in [1.29, 1.82) is 0 Å². The first-order chi connectivity index (χ1) is 5.77. The number of carbonyl (C=O) groups is 1. The summed E-state index contributed by atoms with van der Waals surface area (Å²) in [6.45, 7) is 1.75. The molecule has 0 saturated heterocycles. The standard InChI is InChI=1S/C11H16O/c1-8(12)11-6-9-4-2-3-5-10(9)7-11/h2-3,9-11H,4-7H2,1H3/t9-,10+,11?. The molecule has 1 nitrogen and oxygen atoms in total. The third-order valence-electron chi connectivity index (χ3n) is 3.46. The van der Waals surface area contributed by atoms with Crippen LogP contribution in [0.3, 0.4) is 0 Å². The molecule has 2 rings (SSSR count). The van der Waals surface area contributed by atoms with E-state index < -0.39 is 0 Å². The second kappa shape index (κ2) is 3.04. The molecule has 1 saturated carbocycles. The minimum absolute atomic E-state index is 0.389. The first kappa shape index (κ1) is 8.03. The summed E-state index contributed by atoms with van der Waals surface area (Å²) < 4.78 is 0. The summed E-state index contributed by atoms with van der Waals surface area (Å²) in [5.74, 6) is 2.44.